The average Bonchev–Trinajstić information content (AvgIpc) is 2.89. The summed E-state index contributed by atoms with van der Waals surface area (Å²) in [5, 5.41) is 5.80. The Bertz CT molecular complexity index is 603. The van der Waals surface area contributed by atoms with Crippen molar-refractivity contribution in [2.75, 3.05) is 18.4 Å². The maximum atomic E-state index is 12.4. The smallest absolute Gasteiger partial charge is 0.244 e. The van der Waals surface area contributed by atoms with E-state index in [1.165, 1.54) is 6.20 Å². The van der Waals surface area contributed by atoms with Gasteiger partial charge in [-0.25, -0.2) is 13.1 Å². The summed E-state index contributed by atoms with van der Waals surface area (Å²) in [6.07, 6.45) is 4.86. The molecule has 0 aliphatic carbocycles. The van der Waals surface area contributed by atoms with Crippen LogP contribution in [-0.4, -0.2) is 38.4 Å². The van der Waals surface area contributed by atoms with Crippen LogP contribution in [0, 0.1) is 0 Å². The fraction of sp³-hybridized carbons (Fsp3) is 0.538. The molecule has 21 heavy (non-hydrogen) atoms. The minimum absolute atomic E-state index is 0.0362. The highest BCUT2D eigenvalue weighted by Crippen LogP contribution is 2.19. The minimum Gasteiger partial charge on any atom is -0.384 e. The fourth-order valence-corrected chi connectivity index (χ4v) is 3.32. The first-order valence-electron chi connectivity index (χ1n) is 7.00. The third kappa shape index (κ3) is 4.15. The van der Waals surface area contributed by atoms with E-state index in [1.807, 2.05) is 6.92 Å². The molecule has 1 aromatic rings. The molecule has 1 unspecified atom stereocenters. The first-order chi connectivity index (χ1) is 10.0. The molecule has 0 radical (unpaired) electrons. The van der Waals surface area contributed by atoms with Crippen LogP contribution < -0.4 is 15.4 Å². The molecule has 116 valence electrons. The van der Waals surface area contributed by atoms with Crippen LogP contribution in [0.15, 0.2) is 23.4 Å². The zero-order valence-corrected chi connectivity index (χ0v) is 12.7. The van der Waals surface area contributed by atoms with Crippen molar-refractivity contribution in [3.05, 3.63) is 18.5 Å². The molecule has 0 bridgehead atoms. The van der Waals surface area contributed by atoms with E-state index in [0.717, 1.165) is 6.42 Å². The summed E-state index contributed by atoms with van der Waals surface area (Å²) in [7, 11) is -3.65. The van der Waals surface area contributed by atoms with Crippen LogP contribution in [0.3, 0.4) is 0 Å². The van der Waals surface area contributed by atoms with E-state index in [9.17, 15) is 13.2 Å². The van der Waals surface area contributed by atoms with Crippen molar-refractivity contribution in [3.63, 3.8) is 0 Å². The molecule has 1 fully saturated rings. The number of hydrogen-bond acceptors (Lipinski definition) is 5. The summed E-state index contributed by atoms with van der Waals surface area (Å²) in [6, 6.07) is 1.50. The standard InChI is InChI=1S/C13H20N4O3S/c1-2-6-15-11-5-7-14-9-12(11)21(19,20)16-8-10-3-4-13(18)17-10/h5,7,9-10,16H,2-4,6,8H2,1H3,(H,14,15)(H,17,18). The highest BCUT2D eigenvalue weighted by atomic mass is 32.2. The Labute approximate surface area is 124 Å². The van der Waals surface area contributed by atoms with Gasteiger partial charge in [-0.2, -0.15) is 0 Å². The number of carbonyl (C=O) groups is 1. The fourth-order valence-electron chi connectivity index (χ4n) is 2.12. The molecule has 3 N–H and O–H groups in total. The van der Waals surface area contributed by atoms with Gasteiger partial charge in [-0.05, 0) is 18.9 Å². The second-order valence-corrected chi connectivity index (χ2v) is 6.69. The van der Waals surface area contributed by atoms with E-state index in [-0.39, 0.29) is 23.4 Å². The number of rotatable bonds is 7. The van der Waals surface area contributed by atoms with Gasteiger partial charge in [0.1, 0.15) is 4.90 Å². The summed E-state index contributed by atoms with van der Waals surface area (Å²) in [5.41, 5.74) is 0.537. The molecule has 2 heterocycles. The topological polar surface area (TPSA) is 100 Å². The lowest BCUT2D eigenvalue weighted by Gasteiger charge is -2.14. The summed E-state index contributed by atoms with van der Waals surface area (Å²) in [4.78, 5) is 15.1. The van der Waals surface area contributed by atoms with Gasteiger partial charge >= 0.3 is 0 Å². The molecule has 8 heteroatoms. The highest BCUT2D eigenvalue weighted by molar-refractivity contribution is 7.89. The summed E-state index contributed by atoms with van der Waals surface area (Å²) in [6.45, 7) is 2.88. The van der Waals surface area contributed by atoms with Gasteiger partial charge in [0.15, 0.2) is 0 Å². The maximum Gasteiger partial charge on any atom is 0.244 e. The summed E-state index contributed by atoms with van der Waals surface area (Å²) in [5.74, 6) is -0.0362. The summed E-state index contributed by atoms with van der Waals surface area (Å²) >= 11 is 0. The van der Waals surface area contributed by atoms with Crippen LogP contribution >= 0.6 is 0 Å². The molecule has 0 saturated carbocycles. The Kier molecular flexibility index (Phi) is 5.13. The minimum atomic E-state index is -3.65. The molecule has 7 nitrogen and oxygen atoms in total. The number of aromatic nitrogens is 1. The molecule has 0 aromatic carbocycles. The number of hydrogen-bond donors (Lipinski definition) is 3. The Morgan fingerprint density at radius 1 is 1.48 bits per heavy atom. The van der Waals surface area contributed by atoms with Crippen LogP contribution in [0.25, 0.3) is 0 Å². The number of nitrogens with one attached hydrogen (secondary N) is 3. The number of amides is 1. The number of anilines is 1. The van der Waals surface area contributed by atoms with E-state index in [2.05, 4.69) is 20.3 Å². The zero-order valence-electron chi connectivity index (χ0n) is 11.9. The second-order valence-electron chi connectivity index (χ2n) is 4.95. The van der Waals surface area contributed by atoms with E-state index < -0.39 is 10.0 Å². The largest absolute Gasteiger partial charge is 0.384 e. The van der Waals surface area contributed by atoms with Crippen LogP contribution in [0.4, 0.5) is 5.69 Å². The molecule has 1 aliphatic heterocycles. The molecule has 1 aromatic heterocycles. The third-order valence-electron chi connectivity index (χ3n) is 3.24. The Balaban J connectivity index is 2.06. The van der Waals surface area contributed by atoms with Gasteiger partial charge in [0, 0.05) is 37.9 Å². The Morgan fingerprint density at radius 2 is 2.29 bits per heavy atom. The van der Waals surface area contributed by atoms with E-state index >= 15 is 0 Å². The quantitative estimate of drug-likeness (QED) is 0.679. The first kappa shape index (κ1) is 15.7. The molecule has 1 aliphatic rings. The molecular formula is C13H20N4O3S. The van der Waals surface area contributed by atoms with Crippen molar-refractivity contribution in [2.24, 2.45) is 0 Å². The Hall–Kier alpha value is -1.67. The zero-order chi connectivity index (χ0) is 15.3. The third-order valence-corrected chi connectivity index (χ3v) is 4.70. The highest BCUT2D eigenvalue weighted by Gasteiger charge is 2.24. The van der Waals surface area contributed by atoms with Crippen LogP contribution in [0.5, 0.6) is 0 Å². The van der Waals surface area contributed by atoms with Crippen molar-refractivity contribution in [2.45, 2.75) is 37.1 Å². The second kappa shape index (κ2) is 6.86. The van der Waals surface area contributed by atoms with Crippen molar-refractivity contribution in [3.8, 4) is 0 Å². The monoisotopic (exact) mass is 312 g/mol. The lowest BCUT2D eigenvalue weighted by atomic mass is 10.2. The van der Waals surface area contributed by atoms with Gasteiger partial charge < -0.3 is 10.6 Å². The van der Waals surface area contributed by atoms with Gasteiger partial charge in [0.05, 0.1) is 5.69 Å². The molecule has 1 atom stereocenters. The van der Waals surface area contributed by atoms with Gasteiger partial charge in [-0.1, -0.05) is 6.92 Å². The lowest BCUT2D eigenvalue weighted by molar-refractivity contribution is -0.119. The Morgan fingerprint density at radius 3 is 2.95 bits per heavy atom. The van der Waals surface area contributed by atoms with Crippen LogP contribution in [0.1, 0.15) is 26.2 Å². The van der Waals surface area contributed by atoms with Crippen LogP contribution in [0.2, 0.25) is 0 Å². The van der Waals surface area contributed by atoms with Gasteiger partial charge in [0.2, 0.25) is 15.9 Å². The number of sulfonamides is 1. The van der Waals surface area contributed by atoms with Crippen molar-refractivity contribution in [1.29, 1.82) is 0 Å². The van der Waals surface area contributed by atoms with Crippen molar-refractivity contribution >= 4 is 21.6 Å². The number of nitrogens with zero attached hydrogens (tertiary/aromatic N) is 1. The molecule has 1 saturated heterocycles. The SMILES string of the molecule is CCCNc1ccncc1S(=O)(=O)NCC1CCC(=O)N1. The van der Waals surface area contributed by atoms with E-state index in [4.69, 9.17) is 0 Å². The van der Waals surface area contributed by atoms with Crippen molar-refractivity contribution in [1.82, 2.24) is 15.0 Å². The maximum absolute atomic E-state index is 12.4. The first-order valence-corrected chi connectivity index (χ1v) is 8.48. The summed E-state index contributed by atoms with van der Waals surface area (Å²) < 4.78 is 27.2. The van der Waals surface area contributed by atoms with Gasteiger partial charge in [-0.3, -0.25) is 9.78 Å². The normalized spacial score (nSPS) is 18.5. The average molecular weight is 312 g/mol. The van der Waals surface area contributed by atoms with E-state index in [0.29, 0.717) is 25.1 Å². The number of pyridine rings is 1. The molecular weight excluding hydrogens is 292 g/mol. The predicted octanol–water partition coefficient (Wildman–Crippen LogP) is 0.460. The van der Waals surface area contributed by atoms with Gasteiger partial charge in [-0.15, -0.1) is 0 Å². The molecule has 0 spiro atoms. The predicted molar refractivity (Wildman–Crippen MR) is 79.4 cm³/mol. The molecule has 2 rings (SSSR count). The number of carbonyl (C=O) groups excluding carboxylic acids is 1. The lowest BCUT2D eigenvalue weighted by Crippen LogP contribution is -2.38. The van der Waals surface area contributed by atoms with Crippen molar-refractivity contribution < 1.29 is 13.2 Å². The molecule has 1 amide bonds. The van der Waals surface area contributed by atoms with E-state index in [1.54, 1.807) is 12.3 Å². The van der Waals surface area contributed by atoms with Gasteiger partial charge in [0.25, 0.3) is 0 Å². The van der Waals surface area contributed by atoms with Crippen LogP contribution in [-0.2, 0) is 14.8 Å².